The van der Waals surface area contributed by atoms with Gasteiger partial charge < -0.3 is 10.6 Å². The summed E-state index contributed by atoms with van der Waals surface area (Å²) in [4.78, 5) is 26.4. The average Bonchev–Trinajstić information content (AvgIpc) is 2.65. The standard InChI is InChI=1S/C21H33N3O2/c1-3-4-5-12-22-21(26)19-10-13-24(14-11-19)16-20(25)23-15-18-8-6-17(2)7-9-18/h6-9,19H,3-5,10-16H2,1-2H3,(H,22,26)(H,23,25). The van der Waals surface area contributed by atoms with Gasteiger partial charge in [0.25, 0.3) is 0 Å². The van der Waals surface area contributed by atoms with Crippen molar-refractivity contribution in [1.82, 2.24) is 15.5 Å². The van der Waals surface area contributed by atoms with Gasteiger partial charge in [-0.05, 0) is 44.8 Å². The number of carbonyl (C=O) groups is 2. The number of nitrogens with one attached hydrogen (secondary N) is 2. The van der Waals surface area contributed by atoms with Gasteiger partial charge in [-0.1, -0.05) is 49.6 Å². The molecule has 1 fully saturated rings. The first kappa shape index (κ1) is 20.4. The van der Waals surface area contributed by atoms with E-state index in [4.69, 9.17) is 0 Å². The van der Waals surface area contributed by atoms with Crippen molar-refractivity contribution in [3.8, 4) is 0 Å². The van der Waals surface area contributed by atoms with Crippen molar-refractivity contribution in [2.24, 2.45) is 5.92 Å². The molecule has 5 nitrogen and oxygen atoms in total. The van der Waals surface area contributed by atoms with Crippen LogP contribution in [-0.2, 0) is 16.1 Å². The summed E-state index contributed by atoms with van der Waals surface area (Å²) in [6.45, 7) is 7.60. The van der Waals surface area contributed by atoms with Crippen molar-refractivity contribution in [3.05, 3.63) is 35.4 Å². The SMILES string of the molecule is CCCCCNC(=O)C1CCN(CC(=O)NCc2ccc(C)cc2)CC1. The highest BCUT2D eigenvalue weighted by atomic mass is 16.2. The third-order valence-corrected chi connectivity index (χ3v) is 5.02. The second kappa shape index (κ2) is 11.0. The first-order chi connectivity index (χ1) is 12.6. The van der Waals surface area contributed by atoms with Gasteiger partial charge in [0.05, 0.1) is 6.54 Å². The molecule has 1 saturated heterocycles. The van der Waals surface area contributed by atoms with E-state index in [2.05, 4.69) is 41.5 Å². The summed E-state index contributed by atoms with van der Waals surface area (Å²) >= 11 is 0. The summed E-state index contributed by atoms with van der Waals surface area (Å²) < 4.78 is 0. The maximum Gasteiger partial charge on any atom is 0.234 e. The first-order valence-corrected chi connectivity index (χ1v) is 9.90. The average molecular weight is 360 g/mol. The molecule has 0 unspecified atom stereocenters. The molecular weight excluding hydrogens is 326 g/mol. The number of rotatable bonds is 9. The van der Waals surface area contributed by atoms with Gasteiger partial charge in [-0.25, -0.2) is 0 Å². The van der Waals surface area contributed by atoms with E-state index in [1.54, 1.807) is 0 Å². The Morgan fingerprint density at radius 2 is 1.77 bits per heavy atom. The molecule has 2 amide bonds. The molecular formula is C21H33N3O2. The van der Waals surface area contributed by atoms with Crippen molar-refractivity contribution < 1.29 is 9.59 Å². The maximum absolute atomic E-state index is 12.2. The van der Waals surface area contributed by atoms with E-state index in [0.29, 0.717) is 13.1 Å². The molecule has 5 heteroatoms. The maximum atomic E-state index is 12.2. The topological polar surface area (TPSA) is 61.4 Å². The predicted molar refractivity (Wildman–Crippen MR) is 105 cm³/mol. The van der Waals surface area contributed by atoms with Crippen molar-refractivity contribution in [3.63, 3.8) is 0 Å². The van der Waals surface area contributed by atoms with E-state index in [-0.39, 0.29) is 17.7 Å². The number of hydrogen-bond acceptors (Lipinski definition) is 3. The highest BCUT2D eigenvalue weighted by Gasteiger charge is 2.25. The molecule has 0 aromatic heterocycles. The van der Waals surface area contributed by atoms with Gasteiger partial charge in [0.1, 0.15) is 0 Å². The summed E-state index contributed by atoms with van der Waals surface area (Å²) in [6.07, 6.45) is 5.06. The lowest BCUT2D eigenvalue weighted by molar-refractivity contribution is -0.126. The molecule has 0 saturated carbocycles. The molecule has 1 aliphatic rings. The van der Waals surface area contributed by atoms with E-state index in [1.165, 1.54) is 12.0 Å². The van der Waals surface area contributed by atoms with Crippen LogP contribution in [0.3, 0.4) is 0 Å². The van der Waals surface area contributed by atoms with E-state index in [9.17, 15) is 9.59 Å². The van der Waals surface area contributed by atoms with Crippen LogP contribution in [0.2, 0.25) is 0 Å². The van der Waals surface area contributed by atoms with Crippen LogP contribution in [0, 0.1) is 12.8 Å². The molecule has 0 bridgehead atoms. The fourth-order valence-corrected chi connectivity index (χ4v) is 3.25. The molecule has 2 rings (SSSR count). The van der Waals surface area contributed by atoms with Gasteiger partial charge in [-0.15, -0.1) is 0 Å². The Bertz CT molecular complexity index is 563. The summed E-state index contributed by atoms with van der Waals surface area (Å²) in [5.41, 5.74) is 2.33. The number of carbonyl (C=O) groups excluding carboxylic acids is 2. The molecule has 0 radical (unpaired) electrons. The summed E-state index contributed by atoms with van der Waals surface area (Å²) in [7, 11) is 0. The Morgan fingerprint density at radius 1 is 1.08 bits per heavy atom. The Labute approximate surface area is 157 Å². The Balaban J connectivity index is 1.62. The minimum Gasteiger partial charge on any atom is -0.356 e. The van der Waals surface area contributed by atoms with Crippen molar-refractivity contribution >= 4 is 11.8 Å². The molecule has 1 aliphatic heterocycles. The second-order valence-corrected chi connectivity index (χ2v) is 7.31. The van der Waals surface area contributed by atoms with Crippen LogP contribution in [0.15, 0.2) is 24.3 Å². The molecule has 0 aliphatic carbocycles. The molecule has 0 atom stereocenters. The normalized spacial score (nSPS) is 15.6. The lowest BCUT2D eigenvalue weighted by Gasteiger charge is -2.30. The highest BCUT2D eigenvalue weighted by Crippen LogP contribution is 2.17. The van der Waals surface area contributed by atoms with Crippen molar-refractivity contribution in [1.29, 1.82) is 0 Å². The third-order valence-electron chi connectivity index (χ3n) is 5.02. The Hall–Kier alpha value is -1.88. The zero-order valence-electron chi connectivity index (χ0n) is 16.2. The Kier molecular flexibility index (Phi) is 8.62. The molecule has 26 heavy (non-hydrogen) atoms. The summed E-state index contributed by atoms with van der Waals surface area (Å²) in [6, 6.07) is 8.19. The fourth-order valence-electron chi connectivity index (χ4n) is 3.25. The number of aryl methyl sites for hydroxylation is 1. The van der Waals surface area contributed by atoms with E-state index in [1.807, 2.05) is 12.1 Å². The summed E-state index contributed by atoms with van der Waals surface area (Å²) in [5.74, 6) is 0.334. The van der Waals surface area contributed by atoms with E-state index < -0.39 is 0 Å². The molecule has 1 heterocycles. The number of piperidine rings is 1. The third kappa shape index (κ3) is 7.16. The van der Waals surface area contributed by atoms with E-state index in [0.717, 1.165) is 50.9 Å². The quantitative estimate of drug-likeness (QED) is 0.666. The largest absolute Gasteiger partial charge is 0.356 e. The van der Waals surface area contributed by atoms with Crippen LogP contribution in [0.5, 0.6) is 0 Å². The number of amides is 2. The van der Waals surface area contributed by atoms with Gasteiger partial charge in [0, 0.05) is 19.0 Å². The van der Waals surface area contributed by atoms with Crippen molar-refractivity contribution in [2.75, 3.05) is 26.2 Å². The van der Waals surface area contributed by atoms with Crippen molar-refractivity contribution in [2.45, 2.75) is 52.5 Å². The zero-order chi connectivity index (χ0) is 18.8. The smallest absolute Gasteiger partial charge is 0.234 e. The molecule has 1 aromatic carbocycles. The van der Waals surface area contributed by atoms with Gasteiger partial charge in [-0.2, -0.15) is 0 Å². The molecule has 2 N–H and O–H groups in total. The number of unbranched alkanes of at least 4 members (excludes halogenated alkanes) is 2. The fraction of sp³-hybridized carbons (Fsp3) is 0.619. The van der Waals surface area contributed by atoms with Gasteiger partial charge in [0.15, 0.2) is 0 Å². The first-order valence-electron chi connectivity index (χ1n) is 9.90. The zero-order valence-corrected chi connectivity index (χ0v) is 16.2. The monoisotopic (exact) mass is 359 g/mol. The summed E-state index contributed by atoms with van der Waals surface area (Å²) in [5, 5.41) is 6.03. The van der Waals surface area contributed by atoms with Crippen LogP contribution in [0.1, 0.15) is 50.2 Å². The van der Waals surface area contributed by atoms with Crippen LogP contribution < -0.4 is 10.6 Å². The Morgan fingerprint density at radius 3 is 2.42 bits per heavy atom. The van der Waals surface area contributed by atoms with Crippen LogP contribution in [0.4, 0.5) is 0 Å². The van der Waals surface area contributed by atoms with Gasteiger partial charge in [0.2, 0.25) is 11.8 Å². The minimum atomic E-state index is 0.0491. The van der Waals surface area contributed by atoms with Gasteiger partial charge >= 0.3 is 0 Å². The number of hydrogen-bond donors (Lipinski definition) is 2. The van der Waals surface area contributed by atoms with Gasteiger partial charge in [-0.3, -0.25) is 14.5 Å². The molecule has 144 valence electrons. The molecule has 0 spiro atoms. The second-order valence-electron chi connectivity index (χ2n) is 7.31. The lowest BCUT2D eigenvalue weighted by atomic mass is 9.96. The predicted octanol–water partition coefficient (Wildman–Crippen LogP) is 2.63. The van der Waals surface area contributed by atoms with Crippen LogP contribution in [-0.4, -0.2) is 42.9 Å². The van der Waals surface area contributed by atoms with E-state index >= 15 is 0 Å². The number of nitrogens with zero attached hydrogens (tertiary/aromatic N) is 1. The van der Waals surface area contributed by atoms with Crippen LogP contribution >= 0.6 is 0 Å². The number of benzene rings is 1. The van der Waals surface area contributed by atoms with Crippen LogP contribution in [0.25, 0.3) is 0 Å². The minimum absolute atomic E-state index is 0.0491. The number of likely N-dealkylation sites (tertiary alicyclic amines) is 1. The molecule has 1 aromatic rings. The lowest BCUT2D eigenvalue weighted by Crippen LogP contribution is -2.44. The highest BCUT2D eigenvalue weighted by molar-refractivity contribution is 5.79.